The van der Waals surface area contributed by atoms with Crippen molar-refractivity contribution < 1.29 is 19.0 Å². The minimum Gasteiger partial charge on any atom is -0.507 e. The number of halogens is 1. The first-order valence-electron chi connectivity index (χ1n) is 3.81. The SMILES string of the molecule is O=S=C(C(=O)Cl)c1ccc([N+](=O)[O-])cc1O. The van der Waals surface area contributed by atoms with Crippen LogP contribution >= 0.6 is 11.6 Å². The highest BCUT2D eigenvalue weighted by Crippen LogP contribution is 2.24. The van der Waals surface area contributed by atoms with Crippen molar-refractivity contribution in [1.29, 1.82) is 0 Å². The van der Waals surface area contributed by atoms with Crippen LogP contribution in [0.1, 0.15) is 5.56 Å². The molecule has 16 heavy (non-hydrogen) atoms. The third kappa shape index (κ3) is 2.44. The minimum atomic E-state index is -1.02. The lowest BCUT2D eigenvalue weighted by Crippen LogP contribution is -2.09. The second-order valence-electron chi connectivity index (χ2n) is 2.64. The average Bonchev–Trinajstić information content (AvgIpc) is 2.20. The Balaban J connectivity index is 3.33. The zero-order valence-corrected chi connectivity index (χ0v) is 9.12. The molecule has 0 bridgehead atoms. The Morgan fingerprint density at radius 3 is 2.50 bits per heavy atom. The van der Waals surface area contributed by atoms with Gasteiger partial charge in [0.1, 0.15) is 21.9 Å². The minimum absolute atomic E-state index is 0.120. The third-order valence-electron chi connectivity index (χ3n) is 1.70. The fraction of sp³-hybridized carbons (Fsp3) is 0. The molecule has 1 aromatic rings. The topological polar surface area (TPSA) is 97.5 Å². The molecule has 1 N–H and O–H groups in total. The van der Waals surface area contributed by atoms with Gasteiger partial charge in [-0.1, -0.05) is 0 Å². The predicted molar refractivity (Wildman–Crippen MR) is 57.9 cm³/mol. The van der Waals surface area contributed by atoms with Crippen LogP contribution < -0.4 is 0 Å². The first kappa shape index (κ1) is 12.3. The van der Waals surface area contributed by atoms with Gasteiger partial charge in [0.05, 0.1) is 11.0 Å². The Morgan fingerprint density at radius 2 is 2.12 bits per heavy atom. The number of benzene rings is 1. The van der Waals surface area contributed by atoms with Crippen LogP contribution in [0.3, 0.4) is 0 Å². The second kappa shape index (κ2) is 4.86. The summed E-state index contributed by atoms with van der Waals surface area (Å²) in [6, 6.07) is 2.99. The molecule has 0 saturated heterocycles. The van der Waals surface area contributed by atoms with E-state index in [1.54, 1.807) is 0 Å². The van der Waals surface area contributed by atoms with Gasteiger partial charge >= 0.3 is 0 Å². The first-order chi connectivity index (χ1) is 7.47. The summed E-state index contributed by atoms with van der Waals surface area (Å²) >= 11 is 4.93. The average molecular weight is 262 g/mol. The van der Waals surface area contributed by atoms with Crippen LogP contribution in [0.25, 0.3) is 0 Å². The molecule has 0 fully saturated rings. The number of phenols is 1. The van der Waals surface area contributed by atoms with Crippen LogP contribution in [0, 0.1) is 10.1 Å². The molecular formula is C8H4ClNO5S. The van der Waals surface area contributed by atoms with Gasteiger partial charge in [0.25, 0.3) is 10.9 Å². The van der Waals surface area contributed by atoms with Crippen LogP contribution in [0.4, 0.5) is 5.69 Å². The summed E-state index contributed by atoms with van der Waals surface area (Å²) in [6.07, 6.45) is 0. The summed E-state index contributed by atoms with van der Waals surface area (Å²) in [7, 11) is 0. The van der Waals surface area contributed by atoms with Crippen LogP contribution in [-0.4, -0.2) is 24.3 Å². The van der Waals surface area contributed by atoms with Gasteiger partial charge in [-0.25, -0.2) is 4.21 Å². The molecule has 0 heterocycles. The molecule has 8 heteroatoms. The van der Waals surface area contributed by atoms with Crippen LogP contribution in [0.5, 0.6) is 5.75 Å². The van der Waals surface area contributed by atoms with Crippen molar-refractivity contribution in [2.45, 2.75) is 0 Å². The van der Waals surface area contributed by atoms with E-state index in [0.29, 0.717) is 0 Å². The smallest absolute Gasteiger partial charge is 0.273 e. The zero-order valence-electron chi connectivity index (χ0n) is 7.55. The highest BCUT2D eigenvalue weighted by molar-refractivity contribution is 7.70. The lowest BCUT2D eigenvalue weighted by Gasteiger charge is -2.01. The van der Waals surface area contributed by atoms with Gasteiger partial charge in [-0.05, 0) is 17.7 Å². The molecule has 0 saturated carbocycles. The second-order valence-corrected chi connectivity index (χ2v) is 3.56. The molecule has 0 aliphatic rings. The molecule has 0 amide bonds. The molecule has 6 nitrogen and oxygen atoms in total. The summed E-state index contributed by atoms with van der Waals surface area (Å²) in [5, 5.41) is 18.7. The van der Waals surface area contributed by atoms with Crippen molar-refractivity contribution in [3.05, 3.63) is 33.9 Å². The highest BCUT2D eigenvalue weighted by atomic mass is 35.5. The van der Waals surface area contributed by atoms with Crippen LogP contribution in [0.15, 0.2) is 18.2 Å². The van der Waals surface area contributed by atoms with Crippen LogP contribution in [0.2, 0.25) is 0 Å². The molecule has 0 spiro atoms. The number of carbonyl (C=O) groups excluding carboxylic acids is 1. The number of aromatic hydroxyl groups is 1. The number of nitrogens with zero attached hydrogens (tertiary/aromatic N) is 1. The largest absolute Gasteiger partial charge is 0.507 e. The van der Waals surface area contributed by atoms with Crippen molar-refractivity contribution >= 4 is 38.7 Å². The molecule has 0 unspecified atom stereocenters. The molecule has 1 aromatic carbocycles. The van der Waals surface area contributed by atoms with Gasteiger partial charge in [0, 0.05) is 11.6 Å². The van der Waals surface area contributed by atoms with E-state index in [1.165, 1.54) is 0 Å². The fourth-order valence-corrected chi connectivity index (χ4v) is 1.53. The Morgan fingerprint density at radius 1 is 1.50 bits per heavy atom. The van der Waals surface area contributed by atoms with E-state index < -0.39 is 20.8 Å². The fourth-order valence-electron chi connectivity index (χ4n) is 1.01. The van der Waals surface area contributed by atoms with E-state index in [1.807, 2.05) is 0 Å². The van der Waals surface area contributed by atoms with Crippen LogP contribution in [-0.2, 0) is 16.1 Å². The van der Waals surface area contributed by atoms with Crippen molar-refractivity contribution in [2.24, 2.45) is 0 Å². The van der Waals surface area contributed by atoms with E-state index in [0.717, 1.165) is 18.2 Å². The molecule has 0 aliphatic carbocycles. The zero-order chi connectivity index (χ0) is 12.3. The Hall–Kier alpha value is -1.73. The maximum absolute atomic E-state index is 10.8. The summed E-state index contributed by atoms with van der Waals surface area (Å²) in [4.78, 5) is 20.1. The summed E-state index contributed by atoms with van der Waals surface area (Å²) in [6.45, 7) is 0. The Kier molecular flexibility index (Phi) is 3.75. The Labute approximate surface area is 97.7 Å². The number of nitro groups is 1. The number of hydrogen-bond acceptors (Lipinski definition) is 5. The number of nitro benzene ring substituents is 1. The van der Waals surface area contributed by atoms with Gasteiger partial charge in [-0.3, -0.25) is 14.9 Å². The lowest BCUT2D eigenvalue weighted by atomic mass is 10.1. The number of hydrogen-bond donors (Lipinski definition) is 1. The van der Waals surface area contributed by atoms with E-state index in [9.17, 15) is 24.2 Å². The van der Waals surface area contributed by atoms with Crippen molar-refractivity contribution in [3.63, 3.8) is 0 Å². The number of non-ortho nitro benzene ring substituents is 1. The number of phenolic OH excluding ortho intramolecular Hbond substituents is 1. The standard InChI is InChI=1S/C8H4ClNO5S/c9-8(12)7(16-15)5-2-1-4(10(13)14)3-6(5)11/h1-3,11H. The normalized spacial score (nSPS) is 9.56. The molecule has 0 aromatic heterocycles. The van der Waals surface area contributed by atoms with Crippen molar-refractivity contribution in [2.75, 3.05) is 0 Å². The van der Waals surface area contributed by atoms with Gasteiger partial charge in [0.2, 0.25) is 0 Å². The van der Waals surface area contributed by atoms with E-state index in [2.05, 4.69) is 0 Å². The number of carbonyl (C=O) groups is 1. The summed E-state index contributed by atoms with van der Waals surface area (Å²) < 4.78 is 10.6. The first-order valence-corrected chi connectivity index (χ1v) is 4.93. The molecule has 1 rings (SSSR count). The van der Waals surface area contributed by atoms with Crippen molar-refractivity contribution in [3.8, 4) is 5.75 Å². The summed E-state index contributed by atoms with van der Waals surface area (Å²) in [5.74, 6) is -0.540. The molecule has 0 radical (unpaired) electrons. The maximum atomic E-state index is 10.8. The highest BCUT2D eigenvalue weighted by Gasteiger charge is 2.17. The van der Waals surface area contributed by atoms with E-state index >= 15 is 0 Å². The van der Waals surface area contributed by atoms with Gasteiger partial charge < -0.3 is 5.11 Å². The van der Waals surface area contributed by atoms with Gasteiger partial charge in [-0.15, -0.1) is 0 Å². The Bertz CT molecular complexity index is 523. The monoisotopic (exact) mass is 261 g/mol. The predicted octanol–water partition coefficient (Wildman–Crippen LogP) is 0.799. The number of rotatable bonds is 3. The molecule has 0 atom stereocenters. The molecule has 0 aliphatic heterocycles. The van der Waals surface area contributed by atoms with Gasteiger partial charge in [0.15, 0.2) is 0 Å². The van der Waals surface area contributed by atoms with E-state index in [4.69, 9.17) is 11.6 Å². The van der Waals surface area contributed by atoms with E-state index in [-0.39, 0.29) is 22.5 Å². The quantitative estimate of drug-likeness (QED) is 0.285. The van der Waals surface area contributed by atoms with Gasteiger partial charge in [-0.2, -0.15) is 0 Å². The summed E-state index contributed by atoms with van der Waals surface area (Å²) in [5.41, 5.74) is -0.468. The molecule has 84 valence electrons. The van der Waals surface area contributed by atoms with Crippen molar-refractivity contribution in [1.82, 2.24) is 0 Å². The third-order valence-corrected chi connectivity index (χ3v) is 2.57. The molecular weight excluding hydrogens is 258 g/mol. The lowest BCUT2D eigenvalue weighted by molar-refractivity contribution is -0.384. The maximum Gasteiger partial charge on any atom is 0.273 e.